The van der Waals surface area contributed by atoms with Crippen LogP contribution in [0.15, 0.2) is 48.8 Å². The summed E-state index contributed by atoms with van der Waals surface area (Å²) in [6, 6.07) is 12.0. The number of aromatic nitrogens is 3. The number of benzene rings is 1. The number of pyridine rings is 1. The van der Waals surface area contributed by atoms with Gasteiger partial charge in [0.25, 0.3) is 5.91 Å². The predicted molar refractivity (Wildman–Crippen MR) is 106 cm³/mol. The first kappa shape index (κ1) is 17.3. The van der Waals surface area contributed by atoms with Gasteiger partial charge in [-0.3, -0.25) is 14.9 Å². The Morgan fingerprint density at radius 2 is 1.89 bits per heavy atom. The summed E-state index contributed by atoms with van der Waals surface area (Å²) in [6.45, 7) is 7.36. The van der Waals surface area contributed by atoms with E-state index in [-0.39, 0.29) is 5.91 Å². The van der Waals surface area contributed by atoms with Gasteiger partial charge >= 0.3 is 0 Å². The zero-order valence-corrected chi connectivity index (χ0v) is 15.6. The van der Waals surface area contributed by atoms with Gasteiger partial charge in [0.05, 0.1) is 5.69 Å². The van der Waals surface area contributed by atoms with E-state index in [1.807, 2.05) is 17.0 Å². The molecule has 2 aromatic heterocycles. The van der Waals surface area contributed by atoms with Gasteiger partial charge in [0.1, 0.15) is 5.69 Å². The summed E-state index contributed by atoms with van der Waals surface area (Å²) in [6.07, 6.45) is 3.46. The summed E-state index contributed by atoms with van der Waals surface area (Å²) in [5, 5.41) is 7.14. The second kappa shape index (κ2) is 7.23. The average Bonchev–Trinajstić information content (AvgIpc) is 3.21. The maximum atomic E-state index is 12.8. The highest BCUT2D eigenvalue weighted by Crippen LogP contribution is 2.24. The zero-order chi connectivity index (χ0) is 18.8. The van der Waals surface area contributed by atoms with E-state index in [1.54, 1.807) is 18.5 Å². The molecular formula is C21H23N5O. The van der Waals surface area contributed by atoms with Crippen molar-refractivity contribution in [2.45, 2.75) is 13.8 Å². The summed E-state index contributed by atoms with van der Waals surface area (Å²) in [5.41, 5.74) is 6.03. The molecule has 1 amide bonds. The van der Waals surface area contributed by atoms with Crippen molar-refractivity contribution < 1.29 is 4.79 Å². The highest BCUT2D eigenvalue weighted by Gasteiger charge is 2.24. The Bertz CT molecular complexity index is 942. The summed E-state index contributed by atoms with van der Waals surface area (Å²) in [7, 11) is 0. The second-order valence-corrected chi connectivity index (χ2v) is 6.91. The molecule has 6 heteroatoms. The fraction of sp³-hybridized carbons (Fsp3) is 0.286. The van der Waals surface area contributed by atoms with Gasteiger partial charge in [-0.1, -0.05) is 12.1 Å². The number of carbonyl (C=O) groups is 1. The van der Waals surface area contributed by atoms with Gasteiger partial charge in [0.15, 0.2) is 0 Å². The molecule has 0 radical (unpaired) electrons. The minimum Gasteiger partial charge on any atom is -0.368 e. The van der Waals surface area contributed by atoms with E-state index in [0.29, 0.717) is 18.8 Å². The molecule has 1 N–H and O–H groups in total. The number of nitrogens with one attached hydrogen (secondary N) is 1. The van der Waals surface area contributed by atoms with Crippen LogP contribution in [0.1, 0.15) is 21.6 Å². The molecule has 0 aliphatic carbocycles. The fourth-order valence-corrected chi connectivity index (χ4v) is 3.49. The molecule has 138 valence electrons. The van der Waals surface area contributed by atoms with Crippen molar-refractivity contribution in [3.05, 3.63) is 65.6 Å². The van der Waals surface area contributed by atoms with E-state index in [4.69, 9.17) is 0 Å². The Kier molecular flexibility index (Phi) is 4.62. The molecule has 0 unspecified atom stereocenters. The molecule has 3 aromatic rings. The van der Waals surface area contributed by atoms with E-state index in [0.717, 1.165) is 24.3 Å². The van der Waals surface area contributed by atoms with Crippen molar-refractivity contribution in [1.29, 1.82) is 0 Å². The van der Waals surface area contributed by atoms with Crippen LogP contribution in [0.4, 0.5) is 5.69 Å². The number of amides is 1. The van der Waals surface area contributed by atoms with E-state index in [1.165, 1.54) is 16.8 Å². The lowest BCUT2D eigenvalue weighted by Gasteiger charge is -2.36. The normalized spacial score (nSPS) is 14.4. The molecule has 0 bridgehead atoms. The zero-order valence-electron chi connectivity index (χ0n) is 15.6. The lowest BCUT2D eigenvalue weighted by atomic mass is 10.1. The van der Waals surface area contributed by atoms with Crippen molar-refractivity contribution in [3.8, 4) is 11.3 Å². The number of aromatic amines is 1. The van der Waals surface area contributed by atoms with Crippen LogP contribution in [0.3, 0.4) is 0 Å². The second-order valence-electron chi connectivity index (χ2n) is 6.91. The third-order valence-electron chi connectivity index (χ3n) is 5.25. The van der Waals surface area contributed by atoms with Crippen molar-refractivity contribution in [2.24, 2.45) is 0 Å². The molecule has 6 nitrogen and oxygen atoms in total. The number of carbonyl (C=O) groups excluding carboxylic acids is 1. The maximum Gasteiger partial charge on any atom is 0.272 e. The summed E-state index contributed by atoms with van der Waals surface area (Å²) >= 11 is 0. The molecule has 1 saturated heterocycles. The van der Waals surface area contributed by atoms with Crippen molar-refractivity contribution in [2.75, 3.05) is 31.1 Å². The van der Waals surface area contributed by atoms with Gasteiger partial charge in [-0.05, 0) is 49.2 Å². The number of rotatable bonds is 3. The highest BCUT2D eigenvalue weighted by molar-refractivity contribution is 5.93. The first-order chi connectivity index (χ1) is 13.1. The van der Waals surface area contributed by atoms with Crippen LogP contribution in [0.5, 0.6) is 0 Å². The van der Waals surface area contributed by atoms with Gasteiger partial charge in [-0.25, -0.2) is 0 Å². The molecule has 3 heterocycles. The predicted octanol–water partition coefficient (Wildman–Crippen LogP) is 3.05. The number of hydrogen-bond acceptors (Lipinski definition) is 4. The smallest absolute Gasteiger partial charge is 0.272 e. The number of nitrogens with zero attached hydrogens (tertiary/aromatic N) is 4. The molecule has 1 fully saturated rings. The third kappa shape index (κ3) is 3.43. The molecule has 1 aliphatic rings. The topological polar surface area (TPSA) is 65.1 Å². The van der Waals surface area contributed by atoms with Gasteiger partial charge < -0.3 is 9.80 Å². The number of hydrogen-bond donors (Lipinski definition) is 1. The van der Waals surface area contributed by atoms with E-state index < -0.39 is 0 Å². The van der Waals surface area contributed by atoms with Crippen LogP contribution < -0.4 is 4.90 Å². The Balaban J connectivity index is 1.43. The first-order valence-corrected chi connectivity index (χ1v) is 9.20. The van der Waals surface area contributed by atoms with E-state index in [2.05, 4.69) is 52.1 Å². The number of piperazine rings is 1. The Labute approximate surface area is 158 Å². The van der Waals surface area contributed by atoms with Crippen molar-refractivity contribution >= 4 is 11.6 Å². The number of aryl methyl sites for hydroxylation is 1. The first-order valence-electron chi connectivity index (χ1n) is 9.20. The monoisotopic (exact) mass is 361 g/mol. The minimum atomic E-state index is -0.00162. The fourth-order valence-electron chi connectivity index (χ4n) is 3.49. The van der Waals surface area contributed by atoms with Gasteiger partial charge in [0.2, 0.25) is 0 Å². The van der Waals surface area contributed by atoms with Crippen LogP contribution in [-0.2, 0) is 0 Å². The lowest BCUT2D eigenvalue weighted by molar-refractivity contribution is 0.0741. The Morgan fingerprint density at radius 1 is 1.07 bits per heavy atom. The van der Waals surface area contributed by atoms with Crippen LogP contribution in [0.2, 0.25) is 0 Å². The van der Waals surface area contributed by atoms with E-state index in [9.17, 15) is 4.79 Å². The standard InChI is InChI=1S/C21H23N5O/c1-15-5-3-7-20(16(15)2)25-9-11-26(12-10-25)21(27)19-13-18(23-24-19)17-6-4-8-22-14-17/h3-8,13-14H,9-12H2,1-2H3,(H,23,24). The van der Waals surface area contributed by atoms with Crippen molar-refractivity contribution in [3.63, 3.8) is 0 Å². The third-order valence-corrected chi connectivity index (χ3v) is 5.25. The van der Waals surface area contributed by atoms with Gasteiger partial charge in [0, 0.05) is 49.8 Å². The molecular weight excluding hydrogens is 338 g/mol. The SMILES string of the molecule is Cc1cccc(N2CCN(C(=O)c3cc(-c4cccnc4)n[nH]3)CC2)c1C. The molecule has 4 rings (SSSR count). The minimum absolute atomic E-state index is 0.00162. The summed E-state index contributed by atoms with van der Waals surface area (Å²) in [5.74, 6) is -0.00162. The summed E-state index contributed by atoms with van der Waals surface area (Å²) < 4.78 is 0. The van der Waals surface area contributed by atoms with Crippen LogP contribution in [-0.4, -0.2) is 52.2 Å². The summed E-state index contributed by atoms with van der Waals surface area (Å²) in [4.78, 5) is 21.2. The van der Waals surface area contributed by atoms with Gasteiger partial charge in [-0.2, -0.15) is 5.10 Å². The van der Waals surface area contributed by atoms with Crippen LogP contribution in [0, 0.1) is 13.8 Å². The molecule has 0 atom stereocenters. The lowest BCUT2D eigenvalue weighted by Crippen LogP contribution is -2.49. The van der Waals surface area contributed by atoms with E-state index >= 15 is 0 Å². The largest absolute Gasteiger partial charge is 0.368 e. The molecule has 0 spiro atoms. The molecule has 0 saturated carbocycles. The Morgan fingerprint density at radius 3 is 2.63 bits per heavy atom. The van der Waals surface area contributed by atoms with Crippen molar-refractivity contribution in [1.82, 2.24) is 20.1 Å². The van der Waals surface area contributed by atoms with Crippen LogP contribution >= 0.6 is 0 Å². The number of H-pyrrole nitrogens is 1. The maximum absolute atomic E-state index is 12.8. The highest BCUT2D eigenvalue weighted by atomic mass is 16.2. The quantitative estimate of drug-likeness (QED) is 0.779. The van der Waals surface area contributed by atoms with Gasteiger partial charge in [-0.15, -0.1) is 0 Å². The molecule has 1 aromatic carbocycles. The molecule has 27 heavy (non-hydrogen) atoms. The molecule has 1 aliphatic heterocycles. The average molecular weight is 361 g/mol. The Hall–Kier alpha value is -3.15. The number of anilines is 1. The van der Waals surface area contributed by atoms with Crippen LogP contribution in [0.25, 0.3) is 11.3 Å².